The average molecular weight is 188 g/mol. The van der Waals surface area contributed by atoms with Crippen molar-refractivity contribution in [3.63, 3.8) is 0 Å². The van der Waals surface area contributed by atoms with Gasteiger partial charge in [0.25, 0.3) is 0 Å². The summed E-state index contributed by atoms with van der Waals surface area (Å²) in [4.78, 5) is 3.92. The van der Waals surface area contributed by atoms with Crippen LogP contribution in [0.5, 0.6) is 0 Å². The van der Waals surface area contributed by atoms with Crippen LogP contribution >= 0.6 is 0 Å². The molecule has 0 radical (unpaired) electrons. The lowest BCUT2D eigenvalue weighted by Gasteiger charge is -2.22. The highest BCUT2D eigenvalue weighted by Gasteiger charge is 2.13. The third kappa shape index (κ3) is 4.69. The van der Waals surface area contributed by atoms with Crippen LogP contribution in [0.4, 0.5) is 0 Å². The molecule has 0 saturated heterocycles. The molecule has 78 valence electrons. The minimum absolute atomic E-state index is 0.222. The minimum Gasteiger partial charge on any atom is -0.383 e. The lowest BCUT2D eigenvalue weighted by Crippen LogP contribution is -2.49. The van der Waals surface area contributed by atoms with Gasteiger partial charge in [-0.25, -0.2) is 5.84 Å². The monoisotopic (exact) mass is 188 g/mol. The Balaban J connectivity index is 4.08. The number of aliphatic imine (C=N–C) groups is 1. The van der Waals surface area contributed by atoms with Crippen molar-refractivity contribution < 1.29 is 4.74 Å². The zero-order valence-electron chi connectivity index (χ0n) is 8.79. The number of hydrogen-bond donors (Lipinski definition) is 3. The largest absolute Gasteiger partial charge is 0.383 e. The second-order valence-corrected chi connectivity index (χ2v) is 3.17. The highest BCUT2D eigenvalue weighted by atomic mass is 16.5. The van der Waals surface area contributed by atoms with Crippen LogP contribution in [-0.2, 0) is 4.74 Å². The van der Waals surface area contributed by atoms with Gasteiger partial charge in [-0.05, 0) is 5.92 Å². The fraction of sp³-hybridized carbons (Fsp3) is 0.875. The van der Waals surface area contributed by atoms with Gasteiger partial charge in [0.2, 0.25) is 5.96 Å². The summed E-state index contributed by atoms with van der Waals surface area (Å²) in [5.74, 6) is 6.29. The summed E-state index contributed by atoms with van der Waals surface area (Å²) in [6, 6.07) is 0.222. The Morgan fingerprint density at radius 3 is 2.46 bits per heavy atom. The van der Waals surface area contributed by atoms with Gasteiger partial charge in [-0.3, -0.25) is 10.4 Å². The molecule has 0 fully saturated rings. The van der Waals surface area contributed by atoms with Gasteiger partial charge < -0.3 is 10.1 Å². The molecule has 0 bridgehead atoms. The molecular weight excluding hydrogens is 168 g/mol. The van der Waals surface area contributed by atoms with Crippen molar-refractivity contribution in [2.24, 2.45) is 16.8 Å². The first-order valence-corrected chi connectivity index (χ1v) is 4.34. The number of methoxy groups -OCH3 is 1. The van der Waals surface area contributed by atoms with Crippen molar-refractivity contribution in [3.8, 4) is 0 Å². The Hall–Kier alpha value is -0.810. The topological polar surface area (TPSA) is 71.7 Å². The van der Waals surface area contributed by atoms with E-state index in [4.69, 9.17) is 10.6 Å². The Morgan fingerprint density at radius 1 is 1.54 bits per heavy atom. The van der Waals surface area contributed by atoms with Gasteiger partial charge in [0, 0.05) is 14.2 Å². The summed E-state index contributed by atoms with van der Waals surface area (Å²) < 4.78 is 5.07. The number of nitrogens with one attached hydrogen (secondary N) is 2. The molecule has 0 rings (SSSR count). The molecule has 0 aromatic heterocycles. The summed E-state index contributed by atoms with van der Waals surface area (Å²) in [7, 11) is 3.35. The Bertz CT molecular complexity index is 158. The van der Waals surface area contributed by atoms with Gasteiger partial charge in [-0.2, -0.15) is 0 Å². The molecular formula is C8H20N4O. The summed E-state index contributed by atoms with van der Waals surface area (Å²) in [5, 5.41) is 3.14. The Morgan fingerprint density at radius 2 is 2.15 bits per heavy atom. The number of nitrogens with two attached hydrogens (primary N) is 1. The maximum atomic E-state index is 5.24. The van der Waals surface area contributed by atoms with Crippen LogP contribution in [-0.4, -0.2) is 32.8 Å². The molecule has 0 aromatic carbocycles. The molecule has 1 unspecified atom stereocenters. The van der Waals surface area contributed by atoms with E-state index in [0.717, 1.165) is 0 Å². The van der Waals surface area contributed by atoms with Crippen LogP contribution in [0.3, 0.4) is 0 Å². The van der Waals surface area contributed by atoms with Gasteiger partial charge >= 0.3 is 0 Å². The lowest BCUT2D eigenvalue weighted by molar-refractivity contribution is 0.155. The summed E-state index contributed by atoms with van der Waals surface area (Å²) in [6.45, 7) is 4.86. The Kier molecular flexibility index (Phi) is 6.26. The van der Waals surface area contributed by atoms with E-state index in [2.05, 4.69) is 29.6 Å². The maximum Gasteiger partial charge on any atom is 0.205 e. The zero-order valence-corrected chi connectivity index (χ0v) is 8.79. The van der Waals surface area contributed by atoms with Crippen molar-refractivity contribution in [2.45, 2.75) is 19.9 Å². The number of ether oxygens (including phenoxy) is 1. The quantitative estimate of drug-likeness (QED) is 0.245. The molecule has 0 saturated carbocycles. The second-order valence-electron chi connectivity index (χ2n) is 3.17. The maximum absolute atomic E-state index is 5.24. The predicted molar refractivity (Wildman–Crippen MR) is 54.3 cm³/mol. The zero-order chi connectivity index (χ0) is 10.3. The molecule has 5 heteroatoms. The van der Waals surface area contributed by atoms with Gasteiger partial charge in [0.15, 0.2) is 0 Å². The molecule has 1 atom stereocenters. The van der Waals surface area contributed by atoms with E-state index in [1.165, 1.54) is 0 Å². The first-order chi connectivity index (χ1) is 6.15. The van der Waals surface area contributed by atoms with Crippen LogP contribution in [0, 0.1) is 5.92 Å². The van der Waals surface area contributed by atoms with Crippen molar-refractivity contribution in [1.29, 1.82) is 0 Å². The smallest absolute Gasteiger partial charge is 0.205 e. The second kappa shape index (κ2) is 6.68. The van der Waals surface area contributed by atoms with Crippen LogP contribution in [0.15, 0.2) is 4.99 Å². The molecule has 0 amide bonds. The summed E-state index contributed by atoms with van der Waals surface area (Å²) in [5.41, 5.74) is 2.48. The van der Waals surface area contributed by atoms with Crippen LogP contribution < -0.4 is 16.6 Å². The van der Waals surface area contributed by atoms with Crippen molar-refractivity contribution in [2.75, 3.05) is 20.8 Å². The van der Waals surface area contributed by atoms with E-state index in [1.807, 2.05) is 0 Å². The third-order valence-electron chi connectivity index (χ3n) is 1.83. The van der Waals surface area contributed by atoms with E-state index in [0.29, 0.717) is 18.5 Å². The van der Waals surface area contributed by atoms with E-state index in [1.54, 1.807) is 14.2 Å². The number of hydrogen-bond acceptors (Lipinski definition) is 3. The molecule has 13 heavy (non-hydrogen) atoms. The first-order valence-electron chi connectivity index (χ1n) is 4.34. The van der Waals surface area contributed by atoms with E-state index in [-0.39, 0.29) is 6.04 Å². The van der Waals surface area contributed by atoms with Crippen LogP contribution in [0.25, 0.3) is 0 Å². The molecule has 0 heterocycles. The van der Waals surface area contributed by atoms with E-state index < -0.39 is 0 Å². The third-order valence-corrected chi connectivity index (χ3v) is 1.83. The van der Waals surface area contributed by atoms with Gasteiger partial charge in [-0.1, -0.05) is 13.8 Å². The molecule has 0 aliphatic carbocycles. The van der Waals surface area contributed by atoms with Crippen molar-refractivity contribution >= 4 is 5.96 Å². The molecule has 4 N–H and O–H groups in total. The van der Waals surface area contributed by atoms with Crippen molar-refractivity contribution in [3.05, 3.63) is 0 Å². The van der Waals surface area contributed by atoms with Gasteiger partial charge in [0.1, 0.15) is 0 Å². The number of nitrogens with zero attached hydrogens (tertiary/aromatic N) is 1. The number of rotatable bonds is 4. The van der Waals surface area contributed by atoms with Crippen molar-refractivity contribution in [1.82, 2.24) is 10.7 Å². The van der Waals surface area contributed by atoms with E-state index in [9.17, 15) is 0 Å². The molecule has 5 nitrogen and oxygen atoms in total. The van der Waals surface area contributed by atoms with Crippen LogP contribution in [0.2, 0.25) is 0 Å². The highest BCUT2D eigenvalue weighted by molar-refractivity contribution is 5.79. The SMILES string of the molecule is CN=C(NN)NC(COC)C(C)C. The number of guanidine groups is 1. The minimum atomic E-state index is 0.222. The van der Waals surface area contributed by atoms with Gasteiger partial charge in [0.05, 0.1) is 12.6 Å². The highest BCUT2D eigenvalue weighted by Crippen LogP contribution is 2.01. The molecule has 0 aliphatic rings. The lowest BCUT2D eigenvalue weighted by atomic mass is 10.1. The summed E-state index contributed by atoms with van der Waals surface area (Å²) >= 11 is 0. The first kappa shape index (κ1) is 12.2. The fourth-order valence-corrected chi connectivity index (χ4v) is 0.927. The number of hydrazine groups is 1. The van der Waals surface area contributed by atoms with Gasteiger partial charge in [-0.15, -0.1) is 0 Å². The standard InChI is InChI=1S/C8H20N4O/c1-6(2)7(5-13-4)11-8(10-3)12-9/h6-7H,5,9H2,1-4H3,(H2,10,11,12). The average Bonchev–Trinajstić information content (AvgIpc) is 2.11. The molecule has 0 aliphatic heterocycles. The van der Waals surface area contributed by atoms with E-state index >= 15 is 0 Å². The molecule has 0 spiro atoms. The van der Waals surface area contributed by atoms with Crippen LogP contribution in [0.1, 0.15) is 13.8 Å². The molecule has 0 aromatic rings. The normalized spacial score (nSPS) is 14.5. The fourth-order valence-electron chi connectivity index (χ4n) is 0.927. The predicted octanol–water partition coefficient (Wildman–Crippen LogP) is -0.304. The Labute approximate surface area is 79.7 Å². The summed E-state index contributed by atoms with van der Waals surface area (Å²) in [6.07, 6.45) is 0.